The Balaban J connectivity index is 0.00000261. The van der Waals surface area contributed by atoms with Crippen LogP contribution in [0.4, 0.5) is 0 Å². The van der Waals surface area contributed by atoms with Crippen LogP contribution in [0.25, 0.3) is 0 Å². The number of nitrogens with one attached hydrogen (secondary N) is 2. The van der Waals surface area contributed by atoms with Gasteiger partial charge in [-0.05, 0) is 63.0 Å². The molecule has 3 rings (SSSR count). The van der Waals surface area contributed by atoms with Gasteiger partial charge in [-0.3, -0.25) is 9.89 Å². The molecule has 152 valence electrons. The van der Waals surface area contributed by atoms with Gasteiger partial charge in [0.15, 0.2) is 5.96 Å². The molecule has 0 bridgehead atoms. The molecule has 0 aromatic heterocycles. The molecule has 2 fully saturated rings. The molecule has 2 aliphatic rings. The summed E-state index contributed by atoms with van der Waals surface area (Å²) in [7, 11) is 4.04. The van der Waals surface area contributed by atoms with E-state index in [0.29, 0.717) is 0 Å². The molecule has 1 aromatic carbocycles. The number of hydrogen-bond acceptors (Lipinski definition) is 3. The molecule has 2 saturated heterocycles. The Bertz CT molecular complexity index is 568. The average molecular weight is 485 g/mol. The average Bonchev–Trinajstić information content (AvgIpc) is 3.09. The number of piperidine rings is 1. The largest absolute Gasteiger partial charge is 0.356 e. The van der Waals surface area contributed by atoms with Crippen molar-refractivity contribution in [2.75, 3.05) is 46.8 Å². The number of likely N-dealkylation sites (tertiary alicyclic amines) is 2. The van der Waals surface area contributed by atoms with Gasteiger partial charge < -0.3 is 15.5 Å². The molecule has 1 atom stereocenters. The first-order valence-corrected chi connectivity index (χ1v) is 10.2. The minimum Gasteiger partial charge on any atom is -0.356 e. The second kappa shape index (κ2) is 11.9. The molecule has 2 aliphatic heterocycles. The smallest absolute Gasteiger partial charge is 0.191 e. The van der Waals surface area contributed by atoms with Crippen LogP contribution in [0.2, 0.25) is 0 Å². The van der Waals surface area contributed by atoms with E-state index in [9.17, 15) is 0 Å². The fourth-order valence-corrected chi connectivity index (χ4v) is 3.98. The van der Waals surface area contributed by atoms with Crippen molar-refractivity contribution in [3.8, 4) is 0 Å². The van der Waals surface area contributed by atoms with Crippen molar-refractivity contribution in [1.82, 2.24) is 20.4 Å². The Kier molecular flexibility index (Phi) is 9.86. The maximum atomic E-state index is 4.35. The Morgan fingerprint density at radius 1 is 1.04 bits per heavy atom. The first kappa shape index (κ1) is 22.4. The highest BCUT2D eigenvalue weighted by Gasteiger charge is 2.19. The van der Waals surface area contributed by atoms with E-state index in [1.54, 1.807) is 0 Å². The van der Waals surface area contributed by atoms with Gasteiger partial charge in [-0.25, -0.2) is 0 Å². The predicted molar refractivity (Wildman–Crippen MR) is 125 cm³/mol. The van der Waals surface area contributed by atoms with Crippen LogP contribution in [-0.2, 0) is 13.1 Å². The Labute approximate surface area is 182 Å². The van der Waals surface area contributed by atoms with Crippen LogP contribution in [0.1, 0.15) is 36.8 Å². The highest BCUT2D eigenvalue weighted by Crippen LogP contribution is 2.14. The lowest BCUT2D eigenvalue weighted by atomic mass is 10.1. The van der Waals surface area contributed by atoms with Gasteiger partial charge in [0.1, 0.15) is 0 Å². The van der Waals surface area contributed by atoms with E-state index in [1.807, 2.05) is 7.05 Å². The summed E-state index contributed by atoms with van der Waals surface area (Å²) in [6, 6.07) is 9.03. The zero-order valence-electron chi connectivity index (χ0n) is 16.9. The van der Waals surface area contributed by atoms with Crippen LogP contribution in [-0.4, -0.2) is 62.6 Å². The van der Waals surface area contributed by atoms with Crippen molar-refractivity contribution in [1.29, 1.82) is 0 Å². The monoisotopic (exact) mass is 485 g/mol. The van der Waals surface area contributed by atoms with E-state index in [0.717, 1.165) is 31.5 Å². The molecule has 2 heterocycles. The topological polar surface area (TPSA) is 42.9 Å². The standard InChI is InChI=1S/C21H35N5.HI/c1-22-21(24-15-20-10-13-25(2)16-20)23-14-18-6-8-19(9-7-18)17-26-11-4-3-5-12-26;/h6-9,20H,3-5,10-17H2,1-2H3,(H2,22,23,24);1H. The molecular formula is C21H36IN5. The number of rotatable bonds is 6. The van der Waals surface area contributed by atoms with Gasteiger partial charge in [-0.2, -0.15) is 0 Å². The highest BCUT2D eigenvalue weighted by molar-refractivity contribution is 14.0. The molecule has 0 aliphatic carbocycles. The third kappa shape index (κ3) is 7.58. The summed E-state index contributed by atoms with van der Waals surface area (Å²) < 4.78 is 0. The van der Waals surface area contributed by atoms with Gasteiger partial charge in [0.25, 0.3) is 0 Å². The number of guanidine groups is 1. The lowest BCUT2D eigenvalue weighted by Gasteiger charge is -2.26. The summed E-state index contributed by atoms with van der Waals surface area (Å²) in [6.45, 7) is 7.80. The van der Waals surface area contributed by atoms with E-state index in [-0.39, 0.29) is 24.0 Å². The van der Waals surface area contributed by atoms with Crippen LogP contribution in [0.3, 0.4) is 0 Å². The molecule has 1 aromatic rings. The summed E-state index contributed by atoms with van der Waals surface area (Å²) in [5, 5.41) is 6.91. The summed E-state index contributed by atoms with van der Waals surface area (Å²) in [6.07, 6.45) is 5.38. The molecule has 27 heavy (non-hydrogen) atoms. The van der Waals surface area contributed by atoms with Gasteiger partial charge in [0, 0.05) is 33.2 Å². The molecule has 0 radical (unpaired) electrons. The molecule has 0 amide bonds. The fraction of sp³-hybridized carbons (Fsp3) is 0.667. The normalized spacial score (nSPS) is 21.7. The van der Waals surface area contributed by atoms with Gasteiger partial charge >= 0.3 is 0 Å². The fourth-order valence-electron chi connectivity index (χ4n) is 3.98. The maximum Gasteiger partial charge on any atom is 0.191 e. The zero-order chi connectivity index (χ0) is 18.2. The molecule has 1 unspecified atom stereocenters. The van der Waals surface area contributed by atoms with Gasteiger partial charge in [-0.15, -0.1) is 24.0 Å². The molecule has 2 N–H and O–H groups in total. The SMILES string of the molecule is CN=C(NCc1ccc(CN2CCCCC2)cc1)NCC1CCN(C)C1.I. The Morgan fingerprint density at radius 2 is 1.74 bits per heavy atom. The van der Waals surface area contributed by atoms with E-state index in [4.69, 9.17) is 0 Å². The van der Waals surface area contributed by atoms with E-state index in [1.165, 1.54) is 63.0 Å². The molecule has 6 heteroatoms. The van der Waals surface area contributed by atoms with Gasteiger partial charge in [0.05, 0.1) is 0 Å². The van der Waals surface area contributed by atoms with Crippen molar-refractivity contribution in [2.45, 2.75) is 38.8 Å². The van der Waals surface area contributed by atoms with Crippen molar-refractivity contribution in [3.63, 3.8) is 0 Å². The molecule has 0 saturated carbocycles. The Hall–Kier alpha value is -0.860. The zero-order valence-corrected chi connectivity index (χ0v) is 19.2. The summed E-state index contributed by atoms with van der Waals surface area (Å²) >= 11 is 0. The van der Waals surface area contributed by atoms with E-state index >= 15 is 0 Å². The number of halogens is 1. The van der Waals surface area contributed by atoms with Crippen LogP contribution in [0, 0.1) is 5.92 Å². The maximum absolute atomic E-state index is 4.35. The lowest BCUT2D eigenvalue weighted by Crippen LogP contribution is -2.39. The Morgan fingerprint density at radius 3 is 2.37 bits per heavy atom. The van der Waals surface area contributed by atoms with Crippen molar-refractivity contribution in [3.05, 3.63) is 35.4 Å². The lowest BCUT2D eigenvalue weighted by molar-refractivity contribution is 0.221. The van der Waals surface area contributed by atoms with Gasteiger partial charge in [-0.1, -0.05) is 30.7 Å². The van der Waals surface area contributed by atoms with Crippen molar-refractivity contribution < 1.29 is 0 Å². The van der Waals surface area contributed by atoms with Crippen molar-refractivity contribution >= 4 is 29.9 Å². The molecule has 5 nitrogen and oxygen atoms in total. The molecule has 0 spiro atoms. The number of benzene rings is 1. The third-order valence-electron chi connectivity index (χ3n) is 5.61. The quantitative estimate of drug-likeness (QED) is 0.370. The summed E-state index contributed by atoms with van der Waals surface area (Å²) in [4.78, 5) is 9.32. The number of nitrogens with zero attached hydrogens (tertiary/aromatic N) is 3. The predicted octanol–water partition coefficient (Wildman–Crippen LogP) is 2.91. The highest BCUT2D eigenvalue weighted by atomic mass is 127. The summed E-state index contributed by atoms with van der Waals surface area (Å²) in [5.41, 5.74) is 2.72. The van der Waals surface area contributed by atoms with E-state index in [2.05, 4.69) is 56.7 Å². The second-order valence-corrected chi connectivity index (χ2v) is 7.88. The molecular weight excluding hydrogens is 449 g/mol. The van der Waals surface area contributed by atoms with Gasteiger partial charge in [0.2, 0.25) is 0 Å². The van der Waals surface area contributed by atoms with Crippen LogP contribution in [0.5, 0.6) is 0 Å². The number of hydrogen-bond donors (Lipinski definition) is 2. The second-order valence-electron chi connectivity index (χ2n) is 7.88. The van der Waals surface area contributed by atoms with Crippen LogP contribution < -0.4 is 10.6 Å². The van der Waals surface area contributed by atoms with E-state index < -0.39 is 0 Å². The first-order valence-electron chi connectivity index (χ1n) is 10.2. The van der Waals surface area contributed by atoms with Crippen LogP contribution in [0.15, 0.2) is 29.3 Å². The minimum atomic E-state index is 0. The summed E-state index contributed by atoms with van der Waals surface area (Å²) in [5.74, 6) is 1.63. The third-order valence-corrected chi connectivity index (χ3v) is 5.61. The van der Waals surface area contributed by atoms with Crippen LogP contribution >= 0.6 is 24.0 Å². The number of aliphatic imine (C=N–C) groups is 1. The first-order chi connectivity index (χ1) is 12.7. The minimum absolute atomic E-state index is 0. The van der Waals surface area contributed by atoms with Crippen molar-refractivity contribution in [2.24, 2.45) is 10.9 Å².